The summed E-state index contributed by atoms with van der Waals surface area (Å²) in [5, 5.41) is 1.95. The molecule has 5 nitrogen and oxygen atoms in total. The van der Waals surface area contributed by atoms with Crippen LogP contribution in [-0.4, -0.2) is 16.6 Å². The zero-order valence-corrected chi connectivity index (χ0v) is 32.4. The van der Waals surface area contributed by atoms with Gasteiger partial charge in [-0.05, 0) is 72.2 Å². The van der Waals surface area contributed by atoms with Crippen molar-refractivity contribution in [3.63, 3.8) is 0 Å². The SMILES string of the molecule is [2H]C1([2H])CCCC([2H])([2H])C1(c1ccccc1)c1ccnc(-n2c3[c-]c(Oc4[c-]c(N5[CH-]N(C)c6ccccc65)cc(-c5ccccc5)c4)ccc3c3ccccc32)c1.[Pt]. The first-order chi connectivity index (χ1) is 28.1. The minimum atomic E-state index is -1.88. The summed E-state index contributed by atoms with van der Waals surface area (Å²) in [6, 6.07) is 54.8. The molecule has 8 aromatic rings. The number of rotatable bonds is 7. The topological polar surface area (TPSA) is 33.5 Å². The number of para-hydroxylation sites is 3. The van der Waals surface area contributed by atoms with Crippen LogP contribution in [0.4, 0.5) is 17.1 Å². The Morgan fingerprint density at radius 1 is 0.673 bits per heavy atom. The van der Waals surface area contributed by atoms with E-state index in [1.807, 2.05) is 115 Å². The van der Waals surface area contributed by atoms with Crippen molar-refractivity contribution in [3.8, 4) is 28.4 Å². The van der Waals surface area contributed by atoms with Gasteiger partial charge in [-0.1, -0.05) is 116 Å². The number of hydrogen-bond acceptors (Lipinski definition) is 4. The molecule has 1 saturated carbocycles. The van der Waals surface area contributed by atoms with Crippen molar-refractivity contribution in [1.82, 2.24) is 9.55 Å². The zero-order valence-electron chi connectivity index (χ0n) is 34.1. The second-order valence-electron chi connectivity index (χ2n) is 13.8. The van der Waals surface area contributed by atoms with Crippen molar-refractivity contribution >= 4 is 38.9 Å². The first kappa shape index (κ1) is 30.7. The van der Waals surface area contributed by atoms with Crippen molar-refractivity contribution in [1.29, 1.82) is 0 Å². The molecule has 0 saturated heterocycles. The van der Waals surface area contributed by atoms with Gasteiger partial charge in [-0.2, -0.15) is 12.7 Å². The van der Waals surface area contributed by atoms with E-state index in [1.165, 1.54) is 0 Å². The number of aromatic nitrogens is 2. The number of pyridine rings is 1. The van der Waals surface area contributed by atoms with Crippen LogP contribution in [0.25, 0.3) is 38.8 Å². The molecule has 0 unspecified atom stereocenters. The van der Waals surface area contributed by atoms with Crippen LogP contribution >= 0.6 is 0 Å². The average Bonchev–Trinajstić information content (AvgIpc) is 3.75. The Balaban J connectivity index is 0.00000449. The molecule has 6 aromatic carbocycles. The molecule has 1 aliphatic carbocycles. The summed E-state index contributed by atoms with van der Waals surface area (Å²) in [5.74, 6) is 1.56. The van der Waals surface area contributed by atoms with E-state index in [0.29, 0.717) is 34.9 Å². The summed E-state index contributed by atoms with van der Waals surface area (Å²) >= 11 is 0. The second kappa shape index (κ2) is 14.5. The molecule has 1 fully saturated rings. The number of fused-ring (bicyclic) bond motifs is 4. The molecule has 0 radical (unpaired) electrons. The smallest absolute Gasteiger partial charge is 0.135 e. The summed E-state index contributed by atoms with van der Waals surface area (Å²) in [7, 11) is 2.04. The third kappa shape index (κ3) is 6.21. The molecule has 2 aliphatic rings. The number of ether oxygens (including phenoxy) is 1. The third-order valence-corrected chi connectivity index (χ3v) is 10.5. The molecule has 0 bridgehead atoms. The van der Waals surface area contributed by atoms with Crippen LogP contribution in [-0.2, 0) is 26.5 Å². The Hall–Kier alpha value is -5.64. The maximum atomic E-state index is 9.46. The van der Waals surface area contributed by atoms with Gasteiger partial charge >= 0.3 is 0 Å². The van der Waals surface area contributed by atoms with Crippen LogP contribution in [0.3, 0.4) is 0 Å². The molecule has 2 aromatic heterocycles. The average molecular weight is 899 g/mol. The number of hydrogen-bond donors (Lipinski definition) is 0. The molecular weight excluding hydrogens is 856 g/mol. The third-order valence-electron chi connectivity index (χ3n) is 10.5. The molecule has 0 N–H and O–H groups in total. The van der Waals surface area contributed by atoms with Gasteiger partial charge in [0, 0.05) is 66.6 Å². The Morgan fingerprint density at radius 3 is 2.22 bits per heavy atom. The molecule has 0 atom stereocenters. The van der Waals surface area contributed by atoms with Crippen LogP contribution in [0.5, 0.6) is 11.5 Å². The van der Waals surface area contributed by atoms with Crippen molar-refractivity contribution in [3.05, 3.63) is 182 Å². The zero-order chi connectivity index (χ0) is 39.6. The summed E-state index contributed by atoms with van der Waals surface area (Å²) < 4.78 is 46.5. The van der Waals surface area contributed by atoms with Gasteiger partial charge in [0.1, 0.15) is 5.82 Å². The largest absolute Gasteiger partial charge is 0.509 e. The molecule has 274 valence electrons. The van der Waals surface area contributed by atoms with E-state index in [4.69, 9.17) is 9.72 Å². The van der Waals surface area contributed by atoms with E-state index >= 15 is 0 Å². The van der Waals surface area contributed by atoms with Crippen molar-refractivity contribution in [2.45, 2.75) is 37.4 Å². The van der Waals surface area contributed by atoms with Crippen molar-refractivity contribution < 1.29 is 31.3 Å². The van der Waals surface area contributed by atoms with Gasteiger partial charge in [-0.15, -0.1) is 47.0 Å². The van der Waals surface area contributed by atoms with E-state index < -0.39 is 18.2 Å². The maximum Gasteiger partial charge on any atom is 0.135 e. The molecule has 0 amide bonds. The van der Waals surface area contributed by atoms with E-state index in [9.17, 15) is 5.48 Å². The molecule has 3 heterocycles. The molecule has 6 heteroatoms. The maximum absolute atomic E-state index is 9.46. The molecular formula is C49H39N4OPt-3. The van der Waals surface area contributed by atoms with Gasteiger partial charge < -0.3 is 19.1 Å². The van der Waals surface area contributed by atoms with Gasteiger partial charge in [-0.3, -0.25) is 0 Å². The summed E-state index contributed by atoms with van der Waals surface area (Å²) in [6.07, 6.45) is -1.13. The van der Waals surface area contributed by atoms with E-state index in [-0.39, 0.29) is 33.9 Å². The number of benzene rings is 6. The van der Waals surface area contributed by atoms with Gasteiger partial charge in [0.05, 0.1) is 0 Å². The first-order valence-corrected chi connectivity index (χ1v) is 18.4. The molecule has 0 spiro atoms. The van der Waals surface area contributed by atoms with Gasteiger partial charge in [0.2, 0.25) is 0 Å². The van der Waals surface area contributed by atoms with Crippen LogP contribution < -0.4 is 14.5 Å². The van der Waals surface area contributed by atoms with E-state index in [1.54, 1.807) is 12.3 Å². The summed E-state index contributed by atoms with van der Waals surface area (Å²) in [5.41, 5.74) is 6.22. The van der Waals surface area contributed by atoms with E-state index in [2.05, 4.69) is 65.0 Å². The second-order valence-corrected chi connectivity index (χ2v) is 13.8. The number of nitrogens with zero attached hydrogens (tertiary/aromatic N) is 4. The van der Waals surface area contributed by atoms with Crippen LogP contribution in [0, 0.1) is 18.8 Å². The van der Waals surface area contributed by atoms with Gasteiger partial charge in [0.15, 0.2) is 0 Å². The fraction of sp³-hybridized carbons (Fsp3) is 0.143. The quantitative estimate of drug-likeness (QED) is 0.149. The van der Waals surface area contributed by atoms with E-state index in [0.717, 1.165) is 50.0 Å². The monoisotopic (exact) mass is 898 g/mol. The van der Waals surface area contributed by atoms with Crippen LogP contribution in [0.1, 0.15) is 48.6 Å². The standard InChI is InChI=1S/C49H39N4O.Pt/c1-51-34-52(46-22-12-11-21-45(46)51)39-29-36(35-15-5-2-6-16-35)30-41(32-39)54-40-23-24-43-42-19-9-10-20-44(42)53(47(43)33-40)48-31-38(25-28-50-48)49(26-13-4-14-27-49)37-17-7-3-8-18-37;/h2-3,5-12,15-25,28-31,34H,4,13-14,26-27H2,1H3;/q-3;/i26D2,27D2;. The van der Waals surface area contributed by atoms with Gasteiger partial charge in [0.25, 0.3) is 0 Å². The fourth-order valence-electron chi connectivity index (χ4n) is 8.00. The first-order valence-electron chi connectivity index (χ1n) is 20.4. The van der Waals surface area contributed by atoms with Crippen LogP contribution in [0.2, 0.25) is 0 Å². The Bertz CT molecular complexity index is 2810. The van der Waals surface area contributed by atoms with Gasteiger partial charge in [-0.25, -0.2) is 4.98 Å². The van der Waals surface area contributed by atoms with Crippen LogP contribution in [0.15, 0.2) is 152 Å². The summed E-state index contributed by atoms with van der Waals surface area (Å²) in [6.45, 7) is 2.05. The molecule has 55 heavy (non-hydrogen) atoms. The normalized spacial score (nSPS) is 17.8. The Kier molecular flexibility index (Phi) is 8.11. The predicted molar refractivity (Wildman–Crippen MR) is 220 cm³/mol. The fourth-order valence-corrected chi connectivity index (χ4v) is 8.00. The minimum Gasteiger partial charge on any atom is -0.509 e. The molecule has 10 rings (SSSR count). The predicted octanol–water partition coefficient (Wildman–Crippen LogP) is 12.2. The van der Waals surface area contributed by atoms with Crippen molar-refractivity contribution in [2.75, 3.05) is 16.8 Å². The van der Waals surface area contributed by atoms with Crippen molar-refractivity contribution in [2.24, 2.45) is 0 Å². The minimum absolute atomic E-state index is 0. The number of anilines is 3. The molecule has 1 aliphatic heterocycles. The Morgan fingerprint density at radius 2 is 1.40 bits per heavy atom. The summed E-state index contributed by atoms with van der Waals surface area (Å²) in [4.78, 5) is 9.09. The Labute approximate surface area is 342 Å².